The van der Waals surface area contributed by atoms with Crippen LogP contribution in [0.3, 0.4) is 0 Å². The molecule has 0 aromatic carbocycles. The molecule has 4 heteroatoms. The van der Waals surface area contributed by atoms with Crippen molar-refractivity contribution in [1.82, 2.24) is 4.98 Å². The normalized spacial score (nSPS) is 9.60. The third kappa shape index (κ3) is 3.81. The van der Waals surface area contributed by atoms with Gasteiger partial charge in [0.1, 0.15) is 5.75 Å². The Kier molecular flexibility index (Phi) is 4.34. The number of ether oxygens (including phenoxy) is 1. The summed E-state index contributed by atoms with van der Waals surface area (Å²) >= 11 is 0. The Morgan fingerprint density at radius 2 is 2.47 bits per heavy atom. The van der Waals surface area contributed by atoms with Crippen molar-refractivity contribution in [2.45, 2.75) is 12.8 Å². The zero-order valence-corrected chi connectivity index (χ0v) is 8.35. The molecule has 0 saturated carbocycles. The van der Waals surface area contributed by atoms with Crippen LogP contribution in [0.4, 0.5) is 0 Å². The Morgan fingerprint density at radius 3 is 3.13 bits per heavy atom. The summed E-state index contributed by atoms with van der Waals surface area (Å²) in [4.78, 5) is 14.3. The fraction of sp³-hybridized carbons (Fsp3) is 0.273. The maximum Gasteiger partial charge on any atom is 0.354 e. The van der Waals surface area contributed by atoms with Crippen molar-refractivity contribution in [3.63, 3.8) is 0 Å². The molecule has 1 N–H and O–H groups in total. The van der Waals surface area contributed by atoms with Gasteiger partial charge in [-0.1, -0.05) is 6.08 Å². The Bertz CT molecular complexity index is 349. The summed E-state index contributed by atoms with van der Waals surface area (Å²) in [6.45, 7) is 4.15. The SMILES string of the molecule is C=CCCCOc1ccnc(C(=O)O)c1. The third-order valence-electron chi connectivity index (χ3n) is 1.77. The highest BCUT2D eigenvalue weighted by Gasteiger charge is 2.04. The molecule has 80 valence electrons. The second kappa shape index (κ2) is 5.80. The number of aromatic nitrogens is 1. The largest absolute Gasteiger partial charge is 0.493 e. The number of carboxylic acid groups (broad SMARTS) is 1. The molecule has 15 heavy (non-hydrogen) atoms. The third-order valence-corrected chi connectivity index (χ3v) is 1.77. The summed E-state index contributed by atoms with van der Waals surface area (Å²) in [5.74, 6) is -0.516. The summed E-state index contributed by atoms with van der Waals surface area (Å²) in [5, 5.41) is 8.69. The number of unbranched alkanes of at least 4 members (excludes halogenated alkanes) is 1. The lowest BCUT2D eigenvalue weighted by Crippen LogP contribution is -2.02. The van der Waals surface area contributed by atoms with Crippen LogP contribution in [0, 0.1) is 0 Å². The molecule has 1 aromatic heterocycles. The summed E-state index contributed by atoms with van der Waals surface area (Å²) in [6.07, 6.45) is 5.00. The molecular formula is C11H13NO3. The number of hydrogen-bond donors (Lipinski definition) is 1. The first kappa shape index (κ1) is 11.2. The Hall–Kier alpha value is -1.84. The van der Waals surface area contributed by atoms with E-state index in [2.05, 4.69) is 11.6 Å². The van der Waals surface area contributed by atoms with Gasteiger partial charge in [-0.15, -0.1) is 6.58 Å². The lowest BCUT2D eigenvalue weighted by Gasteiger charge is -2.04. The topological polar surface area (TPSA) is 59.4 Å². The van der Waals surface area contributed by atoms with Gasteiger partial charge in [0.15, 0.2) is 5.69 Å². The molecule has 0 radical (unpaired) electrons. The number of nitrogens with zero attached hydrogens (tertiary/aromatic N) is 1. The summed E-state index contributed by atoms with van der Waals surface area (Å²) in [7, 11) is 0. The molecule has 1 heterocycles. The molecule has 0 amide bonds. The fourth-order valence-corrected chi connectivity index (χ4v) is 1.04. The first-order chi connectivity index (χ1) is 7.24. The number of hydrogen-bond acceptors (Lipinski definition) is 3. The van der Waals surface area contributed by atoms with Crippen molar-refractivity contribution in [3.05, 3.63) is 36.7 Å². The van der Waals surface area contributed by atoms with E-state index in [0.717, 1.165) is 12.8 Å². The summed E-state index contributed by atoms with van der Waals surface area (Å²) in [6, 6.07) is 3.05. The Balaban J connectivity index is 2.50. The highest BCUT2D eigenvalue weighted by molar-refractivity contribution is 5.85. The minimum atomic E-state index is -1.05. The number of aromatic carboxylic acids is 1. The van der Waals surface area contributed by atoms with Gasteiger partial charge in [-0.25, -0.2) is 9.78 Å². The summed E-state index contributed by atoms with van der Waals surface area (Å²) < 4.78 is 5.35. The highest BCUT2D eigenvalue weighted by Crippen LogP contribution is 2.11. The lowest BCUT2D eigenvalue weighted by atomic mass is 10.3. The summed E-state index contributed by atoms with van der Waals surface area (Å²) in [5.41, 5.74) is -0.00350. The van der Waals surface area contributed by atoms with Gasteiger partial charge < -0.3 is 9.84 Å². The van der Waals surface area contributed by atoms with E-state index in [0.29, 0.717) is 12.4 Å². The van der Waals surface area contributed by atoms with Crippen LogP contribution in [0.2, 0.25) is 0 Å². The van der Waals surface area contributed by atoms with E-state index in [1.165, 1.54) is 12.3 Å². The van der Waals surface area contributed by atoms with Gasteiger partial charge in [0.25, 0.3) is 0 Å². The first-order valence-corrected chi connectivity index (χ1v) is 4.67. The van der Waals surface area contributed by atoms with Crippen LogP contribution in [-0.4, -0.2) is 22.7 Å². The molecule has 1 rings (SSSR count). The molecule has 0 bridgehead atoms. The van der Waals surface area contributed by atoms with Crippen LogP contribution >= 0.6 is 0 Å². The van der Waals surface area contributed by atoms with Crippen LogP contribution < -0.4 is 4.74 Å². The van der Waals surface area contributed by atoms with Crippen molar-refractivity contribution in [2.24, 2.45) is 0 Å². The quantitative estimate of drug-likeness (QED) is 0.573. The van der Waals surface area contributed by atoms with E-state index in [1.54, 1.807) is 6.07 Å². The van der Waals surface area contributed by atoms with Gasteiger partial charge in [0, 0.05) is 12.3 Å². The molecule has 4 nitrogen and oxygen atoms in total. The van der Waals surface area contributed by atoms with Crippen molar-refractivity contribution in [2.75, 3.05) is 6.61 Å². The minimum absolute atomic E-state index is 0.00350. The number of allylic oxidation sites excluding steroid dienone is 1. The molecule has 0 atom stereocenters. The monoisotopic (exact) mass is 207 g/mol. The van der Waals surface area contributed by atoms with Gasteiger partial charge in [0.2, 0.25) is 0 Å². The molecule has 0 spiro atoms. The maximum absolute atomic E-state index is 10.6. The average molecular weight is 207 g/mol. The van der Waals surface area contributed by atoms with Gasteiger partial charge in [-0.3, -0.25) is 0 Å². The fourth-order valence-electron chi connectivity index (χ4n) is 1.04. The molecular weight excluding hydrogens is 194 g/mol. The maximum atomic E-state index is 10.6. The van der Waals surface area contributed by atoms with Crippen molar-refractivity contribution >= 4 is 5.97 Å². The van der Waals surface area contributed by atoms with Gasteiger partial charge in [0.05, 0.1) is 6.61 Å². The van der Waals surface area contributed by atoms with Gasteiger partial charge >= 0.3 is 5.97 Å². The van der Waals surface area contributed by atoms with Crippen LogP contribution in [0.25, 0.3) is 0 Å². The second-order valence-electron chi connectivity index (χ2n) is 2.96. The standard InChI is InChI=1S/C11H13NO3/c1-2-3-4-7-15-9-5-6-12-10(8-9)11(13)14/h2,5-6,8H,1,3-4,7H2,(H,13,14). The van der Waals surface area contributed by atoms with Crippen molar-refractivity contribution < 1.29 is 14.6 Å². The molecule has 0 unspecified atom stereocenters. The Morgan fingerprint density at radius 1 is 1.67 bits per heavy atom. The first-order valence-electron chi connectivity index (χ1n) is 4.67. The van der Waals surface area contributed by atoms with E-state index in [1.807, 2.05) is 6.08 Å². The van der Waals surface area contributed by atoms with E-state index in [9.17, 15) is 4.79 Å². The Labute approximate surface area is 88.2 Å². The molecule has 0 aliphatic rings. The average Bonchev–Trinajstić information content (AvgIpc) is 2.25. The number of pyridine rings is 1. The van der Waals surface area contributed by atoms with E-state index >= 15 is 0 Å². The smallest absolute Gasteiger partial charge is 0.354 e. The lowest BCUT2D eigenvalue weighted by molar-refractivity contribution is 0.0690. The predicted molar refractivity (Wildman–Crippen MR) is 56.1 cm³/mol. The highest BCUT2D eigenvalue weighted by atomic mass is 16.5. The molecule has 0 aliphatic carbocycles. The van der Waals surface area contributed by atoms with Crippen LogP contribution in [0.5, 0.6) is 5.75 Å². The molecule has 0 fully saturated rings. The second-order valence-corrected chi connectivity index (χ2v) is 2.96. The minimum Gasteiger partial charge on any atom is -0.493 e. The van der Waals surface area contributed by atoms with Crippen LogP contribution in [0.15, 0.2) is 31.0 Å². The number of carbonyl (C=O) groups is 1. The van der Waals surface area contributed by atoms with E-state index < -0.39 is 5.97 Å². The van der Waals surface area contributed by atoms with Crippen LogP contribution in [0.1, 0.15) is 23.3 Å². The van der Waals surface area contributed by atoms with Gasteiger partial charge in [-0.2, -0.15) is 0 Å². The molecule has 0 saturated heterocycles. The van der Waals surface area contributed by atoms with E-state index in [4.69, 9.17) is 9.84 Å². The zero-order valence-electron chi connectivity index (χ0n) is 8.35. The van der Waals surface area contributed by atoms with E-state index in [-0.39, 0.29) is 5.69 Å². The molecule has 0 aliphatic heterocycles. The van der Waals surface area contributed by atoms with Gasteiger partial charge in [-0.05, 0) is 18.9 Å². The van der Waals surface area contributed by atoms with Crippen molar-refractivity contribution in [3.8, 4) is 5.75 Å². The van der Waals surface area contributed by atoms with Crippen LogP contribution in [-0.2, 0) is 0 Å². The molecule has 1 aromatic rings. The number of rotatable bonds is 6. The predicted octanol–water partition coefficient (Wildman–Crippen LogP) is 2.12. The van der Waals surface area contributed by atoms with Crippen molar-refractivity contribution in [1.29, 1.82) is 0 Å². The zero-order chi connectivity index (χ0) is 11.1. The number of carboxylic acids is 1.